The van der Waals surface area contributed by atoms with E-state index in [9.17, 15) is 14.9 Å². The maximum atomic E-state index is 12.6. The van der Waals surface area contributed by atoms with Crippen LogP contribution in [0.25, 0.3) is 6.08 Å². The van der Waals surface area contributed by atoms with E-state index >= 15 is 0 Å². The number of ether oxygens (including phenoxy) is 3. The summed E-state index contributed by atoms with van der Waals surface area (Å²) in [5, 5.41) is 14.1. The second-order valence-corrected chi connectivity index (χ2v) is 9.04. The van der Waals surface area contributed by atoms with Gasteiger partial charge >= 0.3 is 0 Å². The largest absolute Gasteiger partial charge is 0.494 e. The SMILES string of the molecule is CCOc1cc(/C=C2\SC(=Nc3cc(C)ccc3OC)NC2=O)ccc1OCc1ccc([N+](=O)[O-])cc1. The molecule has 0 spiro atoms. The van der Waals surface area contributed by atoms with Gasteiger partial charge in [0.1, 0.15) is 18.0 Å². The minimum Gasteiger partial charge on any atom is -0.494 e. The van der Waals surface area contributed by atoms with Crippen LogP contribution in [0.1, 0.15) is 23.6 Å². The van der Waals surface area contributed by atoms with Crippen LogP contribution in [-0.2, 0) is 11.4 Å². The third-order valence-corrected chi connectivity index (χ3v) is 6.22. The van der Waals surface area contributed by atoms with E-state index in [4.69, 9.17) is 14.2 Å². The fourth-order valence-corrected chi connectivity index (χ4v) is 4.34. The fourth-order valence-electron chi connectivity index (χ4n) is 3.51. The van der Waals surface area contributed by atoms with Gasteiger partial charge in [-0.05, 0) is 84.8 Å². The molecule has 37 heavy (non-hydrogen) atoms. The van der Waals surface area contributed by atoms with Gasteiger partial charge in [-0.1, -0.05) is 12.1 Å². The predicted octanol–water partition coefficient (Wildman–Crippen LogP) is 5.78. The summed E-state index contributed by atoms with van der Waals surface area (Å²) in [6.07, 6.45) is 1.76. The van der Waals surface area contributed by atoms with Crippen molar-refractivity contribution in [2.45, 2.75) is 20.5 Å². The molecule has 190 valence electrons. The number of hydrogen-bond donors (Lipinski definition) is 1. The summed E-state index contributed by atoms with van der Waals surface area (Å²) in [7, 11) is 1.58. The molecular formula is C27H25N3O6S. The van der Waals surface area contributed by atoms with E-state index in [1.54, 1.807) is 37.5 Å². The Balaban J connectivity index is 1.50. The molecule has 1 aliphatic rings. The Bertz CT molecular complexity index is 1390. The van der Waals surface area contributed by atoms with Gasteiger partial charge in [-0.3, -0.25) is 14.9 Å². The topological polar surface area (TPSA) is 112 Å². The number of aliphatic imine (C=N–C) groups is 1. The Kier molecular flexibility index (Phi) is 8.09. The highest BCUT2D eigenvalue weighted by Gasteiger charge is 2.24. The van der Waals surface area contributed by atoms with Crippen molar-refractivity contribution >= 4 is 40.3 Å². The highest BCUT2D eigenvalue weighted by Crippen LogP contribution is 2.35. The lowest BCUT2D eigenvalue weighted by Crippen LogP contribution is -2.19. The molecule has 0 aromatic heterocycles. The summed E-state index contributed by atoms with van der Waals surface area (Å²) in [6, 6.07) is 17.2. The van der Waals surface area contributed by atoms with Crippen LogP contribution < -0.4 is 19.5 Å². The molecule has 0 atom stereocenters. The predicted molar refractivity (Wildman–Crippen MR) is 144 cm³/mol. The molecule has 3 aromatic carbocycles. The van der Waals surface area contributed by atoms with Crippen molar-refractivity contribution in [3.8, 4) is 17.2 Å². The van der Waals surface area contributed by atoms with Crippen molar-refractivity contribution < 1.29 is 23.9 Å². The van der Waals surface area contributed by atoms with Crippen molar-refractivity contribution in [3.05, 3.63) is 92.4 Å². The summed E-state index contributed by atoms with van der Waals surface area (Å²) in [6.45, 7) is 4.48. The number of nitrogens with one attached hydrogen (secondary N) is 1. The molecule has 1 aliphatic heterocycles. The number of hydrogen-bond acceptors (Lipinski definition) is 8. The number of thioether (sulfide) groups is 1. The summed E-state index contributed by atoms with van der Waals surface area (Å²) in [5.41, 5.74) is 3.24. The number of nitro groups is 1. The van der Waals surface area contributed by atoms with Gasteiger partial charge in [0.05, 0.1) is 23.5 Å². The lowest BCUT2D eigenvalue weighted by molar-refractivity contribution is -0.384. The Morgan fingerprint density at radius 2 is 1.78 bits per heavy atom. The Morgan fingerprint density at radius 1 is 1.03 bits per heavy atom. The van der Waals surface area contributed by atoms with Crippen LogP contribution in [0.3, 0.4) is 0 Å². The molecule has 0 saturated carbocycles. The number of nitrogens with zero attached hydrogens (tertiary/aromatic N) is 2. The Morgan fingerprint density at radius 3 is 2.49 bits per heavy atom. The molecular weight excluding hydrogens is 494 g/mol. The van der Waals surface area contributed by atoms with Crippen LogP contribution in [0.2, 0.25) is 0 Å². The summed E-state index contributed by atoms with van der Waals surface area (Å²) in [4.78, 5) is 28.0. The number of aryl methyl sites for hydroxylation is 1. The van der Waals surface area contributed by atoms with Crippen LogP contribution in [0.5, 0.6) is 17.2 Å². The second kappa shape index (κ2) is 11.6. The summed E-state index contributed by atoms with van der Waals surface area (Å²) < 4.78 is 17.0. The number of non-ortho nitro benzene ring substituents is 1. The average molecular weight is 520 g/mol. The number of carbonyl (C=O) groups is 1. The molecule has 0 unspecified atom stereocenters. The lowest BCUT2D eigenvalue weighted by atomic mass is 10.1. The monoisotopic (exact) mass is 519 g/mol. The maximum absolute atomic E-state index is 12.6. The number of nitro benzene ring substituents is 1. The van der Waals surface area contributed by atoms with Crippen molar-refractivity contribution in [2.24, 2.45) is 4.99 Å². The number of rotatable bonds is 9. The van der Waals surface area contributed by atoms with E-state index in [2.05, 4.69) is 10.3 Å². The molecule has 10 heteroatoms. The lowest BCUT2D eigenvalue weighted by Gasteiger charge is -2.13. The van der Waals surface area contributed by atoms with Crippen LogP contribution in [0.15, 0.2) is 70.6 Å². The molecule has 1 heterocycles. The van der Waals surface area contributed by atoms with Crippen LogP contribution in [0, 0.1) is 17.0 Å². The van der Waals surface area contributed by atoms with Gasteiger partial charge in [0.25, 0.3) is 11.6 Å². The molecule has 1 saturated heterocycles. The van der Waals surface area contributed by atoms with E-state index < -0.39 is 4.92 Å². The summed E-state index contributed by atoms with van der Waals surface area (Å²) >= 11 is 1.24. The van der Waals surface area contributed by atoms with Gasteiger partial charge in [-0.2, -0.15) is 0 Å². The van der Waals surface area contributed by atoms with Crippen molar-refractivity contribution in [1.29, 1.82) is 0 Å². The van der Waals surface area contributed by atoms with Gasteiger partial charge in [0.15, 0.2) is 16.7 Å². The third kappa shape index (κ3) is 6.47. The normalized spacial score (nSPS) is 15.1. The van der Waals surface area contributed by atoms with Crippen molar-refractivity contribution in [2.75, 3.05) is 13.7 Å². The standard InChI is InChI=1S/C27H25N3O6S/c1-4-35-24-14-19(8-12-23(24)36-16-18-6-9-20(10-7-18)30(32)33)15-25-26(31)29-27(37-25)28-21-13-17(2)5-11-22(21)34-3/h5-15H,4,16H2,1-3H3,(H,28,29,31)/b25-15-. The zero-order valence-corrected chi connectivity index (χ0v) is 21.3. The Hall–Kier alpha value is -4.31. The first-order valence-corrected chi connectivity index (χ1v) is 12.2. The van der Waals surface area contributed by atoms with E-state index in [1.165, 1.54) is 23.9 Å². The van der Waals surface area contributed by atoms with Gasteiger partial charge in [0.2, 0.25) is 0 Å². The van der Waals surface area contributed by atoms with Crippen LogP contribution >= 0.6 is 11.8 Å². The van der Waals surface area contributed by atoms with E-state index in [1.807, 2.05) is 38.1 Å². The first-order valence-electron chi connectivity index (χ1n) is 11.4. The quantitative estimate of drug-likeness (QED) is 0.217. The average Bonchev–Trinajstić information content (AvgIpc) is 3.22. The molecule has 3 aromatic rings. The molecule has 1 N–H and O–H groups in total. The van der Waals surface area contributed by atoms with Gasteiger partial charge in [-0.15, -0.1) is 0 Å². The number of carbonyl (C=O) groups excluding carboxylic acids is 1. The van der Waals surface area contributed by atoms with E-state index in [0.29, 0.717) is 39.6 Å². The van der Waals surface area contributed by atoms with Gasteiger partial charge in [0, 0.05) is 12.1 Å². The zero-order valence-electron chi connectivity index (χ0n) is 20.5. The molecule has 9 nitrogen and oxygen atoms in total. The summed E-state index contributed by atoms with van der Waals surface area (Å²) in [5.74, 6) is 1.43. The van der Waals surface area contributed by atoms with E-state index in [-0.39, 0.29) is 18.2 Å². The fraction of sp³-hybridized carbons (Fsp3) is 0.185. The first kappa shape index (κ1) is 25.8. The van der Waals surface area contributed by atoms with Crippen LogP contribution in [-0.4, -0.2) is 29.7 Å². The Labute approximate surface area is 218 Å². The minimum atomic E-state index is -0.442. The van der Waals surface area contributed by atoms with E-state index in [0.717, 1.165) is 16.7 Å². The number of benzene rings is 3. The highest BCUT2D eigenvalue weighted by molar-refractivity contribution is 8.18. The minimum absolute atomic E-state index is 0.0242. The molecule has 0 aliphatic carbocycles. The molecule has 4 rings (SSSR count). The first-order chi connectivity index (χ1) is 17.9. The number of amides is 1. The number of amidine groups is 1. The highest BCUT2D eigenvalue weighted by atomic mass is 32.2. The molecule has 0 bridgehead atoms. The van der Waals surface area contributed by atoms with Gasteiger partial charge in [-0.25, -0.2) is 4.99 Å². The van der Waals surface area contributed by atoms with Crippen molar-refractivity contribution in [1.82, 2.24) is 5.32 Å². The molecule has 1 amide bonds. The second-order valence-electron chi connectivity index (χ2n) is 8.01. The van der Waals surface area contributed by atoms with Crippen LogP contribution in [0.4, 0.5) is 11.4 Å². The third-order valence-electron chi connectivity index (χ3n) is 5.31. The smallest absolute Gasteiger partial charge is 0.269 e. The van der Waals surface area contributed by atoms with Gasteiger partial charge < -0.3 is 19.5 Å². The maximum Gasteiger partial charge on any atom is 0.269 e. The molecule has 0 radical (unpaired) electrons. The number of methoxy groups -OCH3 is 1. The van der Waals surface area contributed by atoms with Crippen molar-refractivity contribution in [3.63, 3.8) is 0 Å². The molecule has 1 fully saturated rings. The zero-order chi connectivity index (χ0) is 26.4.